The van der Waals surface area contributed by atoms with Gasteiger partial charge in [0.05, 0.1) is 18.0 Å². The van der Waals surface area contributed by atoms with Gasteiger partial charge >= 0.3 is 0 Å². The van der Waals surface area contributed by atoms with Gasteiger partial charge in [0.15, 0.2) is 0 Å². The highest BCUT2D eigenvalue weighted by atomic mass is 35.5. The Labute approximate surface area is 152 Å². The molecule has 3 rings (SSSR count). The van der Waals surface area contributed by atoms with E-state index in [0.29, 0.717) is 42.0 Å². The molecule has 1 N–H and O–H groups in total. The number of benzene rings is 1. The van der Waals surface area contributed by atoms with Gasteiger partial charge in [0.25, 0.3) is 0 Å². The fourth-order valence-electron chi connectivity index (χ4n) is 3.26. The number of aryl methyl sites for hydroxylation is 3. The van der Waals surface area contributed by atoms with Crippen LogP contribution in [0.15, 0.2) is 17.3 Å². The topological polar surface area (TPSA) is 70.8 Å². The Kier molecular flexibility index (Phi) is 4.92. The van der Waals surface area contributed by atoms with Crippen LogP contribution in [0.25, 0.3) is 0 Å². The van der Waals surface area contributed by atoms with E-state index in [4.69, 9.17) is 16.3 Å². The van der Waals surface area contributed by atoms with Crippen molar-refractivity contribution in [2.24, 2.45) is 5.16 Å². The monoisotopic (exact) mass is 360 g/mol. The molecule has 1 aromatic heterocycles. The number of fused-ring (bicyclic) bond motifs is 1. The zero-order valence-corrected chi connectivity index (χ0v) is 15.6. The van der Waals surface area contributed by atoms with E-state index in [9.17, 15) is 5.21 Å². The SMILES string of the molecule is CC/C(=N/O)c1nc(C)nc2c1COCN2c1c(C)cc(Cl)cc1C. The summed E-state index contributed by atoms with van der Waals surface area (Å²) in [5.41, 5.74) is 5.11. The van der Waals surface area contributed by atoms with Crippen molar-refractivity contribution in [1.29, 1.82) is 0 Å². The van der Waals surface area contributed by atoms with Gasteiger partial charge in [-0.05, 0) is 50.5 Å². The van der Waals surface area contributed by atoms with Crippen LogP contribution >= 0.6 is 11.6 Å². The molecule has 2 heterocycles. The molecule has 0 fully saturated rings. The molecule has 1 aliphatic rings. The first-order valence-corrected chi connectivity index (χ1v) is 8.54. The van der Waals surface area contributed by atoms with Gasteiger partial charge in [-0.2, -0.15) is 0 Å². The normalized spacial score (nSPS) is 14.6. The second kappa shape index (κ2) is 6.98. The lowest BCUT2D eigenvalue weighted by atomic mass is 10.0. The second-order valence-electron chi connectivity index (χ2n) is 6.12. The molecule has 0 atom stereocenters. The molecule has 0 radical (unpaired) electrons. The van der Waals surface area contributed by atoms with Crippen molar-refractivity contribution in [3.8, 4) is 0 Å². The van der Waals surface area contributed by atoms with Crippen LogP contribution in [0, 0.1) is 20.8 Å². The largest absolute Gasteiger partial charge is 0.411 e. The van der Waals surface area contributed by atoms with E-state index >= 15 is 0 Å². The van der Waals surface area contributed by atoms with Crippen LogP contribution in [-0.2, 0) is 11.3 Å². The summed E-state index contributed by atoms with van der Waals surface area (Å²) in [4.78, 5) is 11.2. The van der Waals surface area contributed by atoms with E-state index in [1.165, 1.54) is 0 Å². The Hall–Kier alpha value is -2.18. The number of hydrogen-bond acceptors (Lipinski definition) is 6. The van der Waals surface area contributed by atoms with E-state index in [1.807, 2.05) is 44.7 Å². The minimum absolute atomic E-state index is 0.381. The van der Waals surface area contributed by atoms with Crippen LogP contribution in [0.4, 0.5) is 11.5 Å². The van der Waals surface area contributed by atoms with Crippen LogP contribution in [0.3, 0.4) is 0 Å². The maximum atomic E-state index is 9.33. The Bertz CT molecular complexity index is 828. The van der Waals surface area contributed by atoms with Gasteiger partial charge in [-0.25, -0.2) is 9.97 Å². The number of aromatic nitrogens is 2. The van der Waals surface area contributed by atoms with Gasteiger partial charge in [0.1, 0.15) is 24.1 Å². The van der Waals surface area contributed by atoms with E-state index in [2.05, 4.69) is 15.1 Å². The standard InChI is InChI=1S/C18H21ClN4O2/c1-5-15(22-24)16-14-8-25-9-23(18(14)21-12(4)20-16)17-10(2)6-13(19)7-11(17)3/h6-7,24H,5,8-9H2,1-4H3/b22-15-. The van der Waals surface area contributed by atoms with Crippen LogP contribution in [0.5, 0.6) is 0 Å². The minimum Gasteiger partial charge on any atom is -0.411 e. The molecule has 6 nitrogen and oxygen atoms in total. The molecule has 0 bridgehead atoms. The second-order valence-corrected chi connectivity index (χ2v) is 6.55. The maximum Gasteiger partial charge on any atom is 0.144 e. The molecule has 0 saturated carbocycles. The Morgan fingerprint density at radius 2 is 1.96 bits per heavy atom. The number of rotatable bonds is 3. The molecule has 1 aliphatic heterocycles. The average molecular weight is 361 g/mol. The van der Waals surface area contributed by atoms with Crippen LogP contribution in [0.1, 0.15) is 41.6 Å². The van der Waals surface area contributed by atoms with Gasteiger partial charge in [-0.1, -0.05) is 23.7 Å². The van der Waals surface area contributed by atoms with E-state index < -0.39 is 0 Å². The lowest BCUT2D eigenvalue weighted by Crippen LogP contribution is -2.31. The zero-order chi connectivity index (χ0) is 18.1. The number of nitrogens with zero attached hydrogens (tertiary/aromatic N) is 4. The summed E-state index contributed by atoms with van der Waals surface area (Å²) in [6.07, 6.45) is 0.568. The third-order valence-electron chi connectivity index (χ3n) is 4.27. The predicted molar refractivity (Wildman–Crippen MR) is 98.1 cm³/mol. The number of anilines is 2. The number of hydrogen-bond donors (Lipinski definition) is 1. The quantitative estimate of drug-likeness (QED) is 0.503. The average Bonchev–Trinajstić information content (AvgIpc) is 2.55. The van der Waals surface area contributed by atoms with Crippen LogP contribution in [0.2, 0.25) is 5.02 Å². The lowest BCUT2D eigenvalue weighted by molar-refractivity contribution is 0.115. The number of oxime groups is 1. The molecular weight excluding hydrogens is 340 g/mol. The summed E-state index contributed by atoms with van der Waals surface area (Å²) in [6.45, 7) is 8.57. The molecule has 0 saturated heterocycles. The van der Waals surface area contributed by atoms with Gasteiger partial charge in [-0.3, -0.25) is 0 Å². The van der Waals surface area contributed by atoms with Crippen LogP contribution in [-0.4, -0.2) is 27.6 Å². The summed E-state index contributed by atoms with van der Waals surface area (Å²) in [5.74, 6) is 1.41. The van der Waals surface area contributed by atoms with E-state index in [1.54, 1.807) is 0 Å². The summed E-state index contributed by atoms with van der Waals surface area (Å²) in [7, 11) is 0. The third kappa shape index (κ3) is 3.19. The molecule has 2 aromatic rings. The Morgan fingerprint density at radius 3 is 2.56 bits per heavy atom. The molecule has 1 aromatic carbocycles. The van der Waals surface area contributed by atoms with Crippen molar-refractivity contribution in [1.82, 2.24) is 9.97 Å². The van der Waals surface area contributed by atoms with Crippen molar-refractivity contribution in [3.05, 3.63) is 45.4 Å². The van der Waals surface area contributed by atoms with Crippen molar-refractivity contribution >= 4 is 28.8 Å². The van der Waals surface area contributed by atoms with Gasteiger partial charge in [0.2, 0.25) is 0 Å². The highest BCUT2D eigenvalue weighted by Gasteiger charge is 2.28. The lowest BCUT2D eigenvalue weighted by Gasteiger charge is -2.33. The van der Waals surface area contributed by atoms with Gasteiger partial charge < -0.3 is 14.8 Å². The van der Waals surface area contributed by atoms with Crippen molar-refractivity contribution in [3.63, 3.8) is 0 Å². The molecule has 0 spiro atoms. The zero-order valence-electron chi connectivity index (χ0n) is 14.8. The first-order valence-electron chi connectivity index (χ1n) is 8.17. The third-order valence-corrected chi connectivity index (χ3v) is 4.49. The smallest absolute Gasteiger partial charge is 0.144 e. The molecule has 0 amide bonds. The highest BCUT2D eigenvalue weighted by Crippen LogP contribution is 2.37. The number of ether oxygens (including phenoxy) is 1. The van der Waals surface area contributed by atoms with Gasteiger partial charge in [0, 0.05) is 10.6 Å². The highest BCUT2D eigenvalue weighted by molar-refractivity contribution is 6.30. The van der Waals surface area contributed by atoms with Crippen LogP contribution < -0.4 is 4.90 Å². The molecule has 25 heavy (non-hydrogen) atoms. The number of halogens is 1. The fraction of sp³-hybridized carbons (Fsp3) is 0.389. The summed E-state index contributed by atoms with van der Waals surface area (Å²) in [5, 5.41) is 13.4. The van der Waals surface area contributed by atoms with E-state index in [-0.39, 0.29) is 0 Å². The fourth-order valence-corrected chi connectivity index (χ4v) is 3.59. The molecule has 7 heteroatoms. The van der Waals surface area contributed by atoms with Crippen molar-refractivity contribution < 1.29 is 9.94 Å². The summed E-state index contributed by atoms with van der Waals surface area (Å²) in [6, 6.07) is 3.86. The molecule has 132 valence electrons. The molecular formula is C18H21ClN4O2. The summed E-state index contributed by atoms with van der Waals surface area (Å²) < 4.78 is 5.80. The first kappa shape index (κ1) is 17.6. The predicted octanol–water partition coefficient (Wildman–Crippen LogP) is 4.27. The molecule has 0 unspecified atom stereocenters. The first-order chi connectivity index (χ1) is 12.0. The summed E-state index contributed by atoms with van der Waals surface area (Å²) >= 11 is 6.17. The van der Waals surface area contributed by atoms with Crippen molar-refractivity contribution in [2.45, 2.75) is 40.7 Å². The Morgan fingerprint density at radius 1 is 1.28 bits per heavy atom. The maximum absolute atomic E-state index is 9.33. The van der Waals surface area contributed by atoms with E-state index in [0.717, 1.165) is 28.2 Å². The minimum atomic E-state index is 0.381. The Balaban J connectivity index is 2.22. The van der Waals surface area contributed by atoms with Gasteiger partial charge in [-0.15, -0.1) is 0 Å². The molecule has 0 aliphatic carbocycles. The van der Waals surface area contributed by atoms with Crippen molar-refractivity contribution in [2.75, 3.05) is 11.6 Å².